The minimum absolute atomic E-state index is 0.0422. The molecular formula is C29H30N4O5S2. The lowest BCUT2D eigenvalue weighted by atomic mass is 10.0. The highest BCUT2D eigenvalue weighted by atomic mass is 32.2. The van der Waals surface area contributed by atoms with Crippen LogP contribution < -0.4 is 10.0 Å². The number of hydrogen-bond acceptors (Lipinski definition) is 6. The molecule has 4 rings (SSSR count). The average Bonchev–Trinajstić information content (AvgIpc) is 3.27. The van der Waals surface area contributed by atoms with Gasteiger partial charge in [-0.1, -0.05) is 67.1 Å². The van der Waals surface area contributed by atoms with Crippen molar-refractivity contribution in [2.45, 2.75) is 43.2 Å². The molecule has 0 aliphatic carbocycles. The van der Waals surface area contributed by atoms with Crippen LogP contribution in [0.4, 0.5) is 10.5 Å². The zero-order valence-electron chi connectivity index (χ0n) is 22.3. The van der Waals surface area contributed by atoms with Crippen molar-refractivity contribution in [3.63, 3.8) is 0 Å². The van der Waals surface area contributed by atoms with Crippen molar-refractivity contribution in [2.75, 3.05) is 11.6 Å². The Morgan fingerprint density at radius 3 is 2.30 bits per heavy atom. The number of aromatic carboxylic acids is 1. The number of nitrogens with one attached hydrogen (secondary N) is 2. The van der Waals surface area contributed by atoms with Crippen LogP contribution in [-0.2, 0) is 23.0 Å². The molecule has 1 aromatic heterocycles. The molecule has 0 aliphatic rings. The maximum atomic E-state index is 13.2. The Balaban J connectivity index is 1.58. The van der Waals surface area contributed by atoms with E-state index in [-0.39, 0.29) is 10.6 Å². The second kappa shape index (κ2) is 12.4. The number of amides is 2. The van der Waals surface area contributed by atoms with E-state index in [0.29, 0.717) is 40.6 Å². The first-order valence-electron chi connectivity index (χ1n) is 12.6. The van der Waals surface area contributed by atoms with E-state index in [1.165, 1.54) is 17.8 Å². The Bertz CT molecular complexity index is 1630. The van der Waals surface area contributed by atoms with Gasteiger partial charge in [0.2, 0.25) is 0 Å². The predicted molar refractivity (Wildman–Crippen MR) is 156 cm³/mol. The van der Waals surface area contributed by atoms with E-state index < -0.39 is 22.0 Å². The summed E-state index contributed by atoms with van der Waals surface area (Å²) in [5, 5.41) is 12.8. The summed E-state index contributed by atoms with van der Waals surface area (Å²) in [6.07, 6.45) is 3.27. The van der Waals surface area contributed by atoms with Crippen molar-refractivity contribution >= 4 is 39.5 Å². The third-order valence-electron chi connectivity index (χ3n) is 6.20. The molecule has 1 heterocycles. The van der Waals surface area contributed by atoms with Gasteiger partial charge in [-0.2, -0.15) is 0 Å². The van der Waals surface area contributed by atoms with Gasteiger partial charge in [-0.25, -0.2) is 27.7 Å². The largest absolute Gasteiger partial charge is 0.476 e. The third kappa shape index (κ3) is 6.54. The first-order chi connectivity index (χ1) is 19.1. The molecule has 0 unspecified atom stereocenters. The van der Waals surface area contributed by atoms with Crippen LogP contribution in [0.15, 0.2) is 82.7 Å². The third-order valence-corrected chi connectivity index (χ3v) is 8.26. The summed E-state index contributed by atoms with van der Waals surface area (Å²) in [5.74, 6) is -0.325. The molecular weight excluding hydrogens is 548 g/mol. The number of rotatable bonds is 10. The number of aromatic nitrogens is 2. The Morgan fingerprint density at radius 2 is 1.68 bits per heavy atom. The van der Waals surface area contributed by atoms with Gasteiger partial charge in [0.05, 0.1) is 4.90 Å². The van der Waals surface area contributed by atoms with Crippen molar-refractivity contribution in [1.82, 2.24) is 14.3 Å². The standard InChI is InChI=1S/C29H30N4O5S2/c1-4-7-25-31-27(39-3)26(28(34)35)33(25)18-20-12-14-21(15-13-20)23-8-5-6-9-24(23)40(37,38)32-29(36)30-22-16-10-19(2)11-17-22/h5-6,8-17H,4,7,18H2,1-3H3,(H,34,35)(H2,30,32,36). The molecule has 0 bridgehead atoms. The summed E-state index contributed by atoms with van der Waals surface area (Å²) in [7, 11) is -4.19. The number of thioether (sulfide) groups is 1. The molecule has 208 valence electrons. The summed E-state index contributed by atoms with van der Waals surface area (Å²) in [6, 6.07) is 19.8. The number of carbonyl (C=O) groups excluding carboxylic acids is 1. The lowest BCUT2D eigenvalue weighted by Gasteiger charge is -2.14. The molecule has 9 nitrogen and oxygen atoms in total. The van der Waals surface area contributed by atoms with Crippen LogP contribution in [0.3, 0.4) is 0 Å². The van der Waals surface area contributed by atoms with E-state index in [9.17, 15) is 23.1 Å². The van der Waals surface area contributed by atoms with Gasteiger partial charge in [0, 0.05) is 24.2 Å². The van der Waals surface area contributed by atoms with Gasteiger partial charge in [0.1, 0.15) is 10.9 Å². The zero-order chi connectivity index (χ0) is 28.9. The van der Waals surface area contributed by atoms with Gasteiger partial charge in [0.15, 0.2) is 5.69 Å². The van der Waals surface area contributed by atoms with Crippen molar-refractivity contribution in [3.05, 3.63) is 95.4 Å². The molecule has 0 atom stereocenters. The Morgan fingerprint density at radius 1 is 1.00 bits per heavy atom. The van der Waals surface area contributed by atoms with E-state index in [4.69, 9.17) is 0 Å². The number of imidazole rings is 1. The molecule has 3 aromatic carbocycles. The van der Waals surface area contributed by atoms with Gasteiger partial charge < -0.3 is 15.0 Å². The van der Waals surface area contributed by atoms with E-state index in [2.05, 4.69) is 15.0 Å². The maximum Gasteiger partial charge on any atom is 0.355 e. The maximum absolute atomic E-state index is 13.2. The molecule has 0 saturated heterocycles. The van der Waals surface area contributed by atoms with Gasteiger partial charge in [0.25, 0.3) is 10.0 Å². The summed E-state index contributed by atoms with van der Waals surface area (Å²) in [6.45, 7) is 4.23. The molecule has 0 radical (unpaired) electrons. The van der Waals surface area contributed by atoms with Gasteiger partial charge in [-0.15, -0.1) is 11.8 Å². The molecule has 40 heavy (non-hydrogen) atoms. The smallest absolute Gasteiger partial charge is 0.355 e. The van der Waals surface area contributed by atoms with Crippen LogP contribution in [-0.4, -0.2) is 41.3 Å². The Hall–Kier alpha value is -4.09. The molecule has 0 fully saturated rings. The fourth-order valence-electron chi connectivity index (χ4n) is 4.29. The summed E-state index contributed by atoms with van der Waals surface area (Å²) in [4.78, 5) is 29.0. The van der Waals surface area contributed by atoms with E-state index >= 15 is 0 Å². The molecule has 0 aliphatic heterocycles. The summed E-state index contributed by atoms with van der Waals surface area (Å²) < 4.78 is 30.2. The highest BCUT2D eigenvalue weighted by molar-refractivity contribution is 7.98. The van der Waals surface area contributed by atoms with Crippen molar-refractivity contribution < 1.29 is 23.1 Å². The minimum Gasteiger partial charge on any atom is -0.476 e. The van der Waals surface area contributed by atoms with Crippen molar-refractivity contribution in [2.24, 2.45) is 0 Å². The number of benzene rings is 3. The predicted octanol–water partition coefficient (Wildman–Crippen LogP) is 5.79. The quantitative estimate of drug-likeness (QED) is 0.203. The number of urea groups is 1. The van der Waals surface area contributed by atoms with Gasteiger partial charge in [-0.3, -0.25) is 0 Å². The highest BCUT2D eigenvalue weighted by Crippen LogP contribution is 2.29. The first kappa shape index (κ1) is 28.9. The number of nitrogens with zero attached hydrogens (tertiary/aromatic N) is 2. The molecule has 2 amide bonds. The van der Waals surface area contributed by atoms with Crippen molar-refractivity contribution in [3.8, 4) is 11.1 Å². The normalized spacial score (nSPS) is 11.3. The van der Waals surface area contributed by atoms with Crippen LogP contribution >= 0.6 is 11.8 Å². The monoisotopic (exact) mass is 578 g/mol. The van der Waals surface area contributed by atoms with Crippen LogP contribution in [0.25, 0.3) is 11.1 Å². The molecule has 0 saturated carbocycles. The van der Waals surface area contributed by atoms with E-state index in [1.54, 1.807) is 53.3 Å². The number of carboxylic acids is 1. The summed E-state index contributed by atoms with van der Waals surface area (Å²) in [5.41, 5.74) is 3.53. The average molecular weight is 579 g/mol. The molecule has 11 heteroatoms. The minimum atomic E-state index is -4.19. The van der Waals surface area contributed by atoms with Gasteiger partial charge in [-0.05, 0) is 48.9 Å². The number of hydrogen-bond donors (Lipinski definition) is 3. The molecule has 4 aromatic rings. The van der Waals surface area contributed by atoms with E-state index in [0.717, 1.165) is 17.5 Å². The van der Waals surface area contributed by atoms with Crippen LogP contribution in [0.5, 0.6) is 0 Å². The van der Waals surface area contributed by atoms with Crippen LogP contribution in [0.2, 0.25) is 0 Å². The molecule has 0 spiro atoms. The fourth-order valence-corrected chi connectivity index (χ4v) is 6.02. The number of carbonyl (C=O) groups is 2. The second-order valence-corrected chi connectivity index (χ2v) is 11.6. The topological polar surface area (TPSA) is 130 Å². The zero-order valence-corrected chi connectivity index (χ0v) is 24.0. The van der Waals surface area contributed by atoms with Gasteiger partial charge >= 0.3 is 12.0 Å². The number of aryl methyl sites for hydroxylation is 2. The number of anilines is 1. The Kier molecular flexibility index (Phi) is 8.96. The van der Waals surface area contributed by atoms with Crippen molar-refractivity contribution in [1.29, 1.82) is 0 Å². The Labute approximate surface area is 237 Å². The van der Waals surface area contributed by atoms with Crippen LogP contribution in [0, 0.1) is 6.92 Å². The first-order valence-corrected chi connectivity index (χ1v) is 15.3. The van der Waals surface area contributed by atoms with E-state index in [1.807, 2.05) is 38.1 Å². The number of sulfonamides is 1. The lowest BCUT2D eigenvalue weighted by Crippen LogP contribution is -2.34. The second-order valence-electron chi connectivity index (χ2n) is 9.15. The summed E-state index contributed by atoms with van der Waals surface area (Å²) >= 11 is 1.30. The SMILES string of the molecule is CCCc1nc(SC)c(C(=O)O)n1Cc1ccc(-c2ccccc2S(=O)(=O)NC(=O)Nc2ccc(C)cc2)cc1. The number of carboxylic acid groups (broad SMARTS) is 1. The molecule has 3 N–H and O–H groups in total. The lowest BCUT2D eigenvalue weighted by molar-refractivity contribution is 0.0681. The van der Waals surface area contributed by atoms with Crippen LogP contribution in [0.1, 0.15) is 40.8 Å². The fraction of sp³-hybridized carbons (Fsp3) is 0.207. The highest BCUT2D eigenvalue weighted by Gasteiger charge is 2.23.